The van der Waals surface area contributed by atoms with Gasteiger partial charge < -0.3 is 15.6 Å². The Bertz CT molecular complexity index is 475. The van der Waals surface area contributed by atoms with Crippen LogP contribution in [0.5, 0.6) is 5.75 Å². The molecule has 1 aromatic carbocycles. The number of ether oxygens (including phenoxy) is 1. The highest BCUT2D eigenvalue weighted by molar-refractivity contribution is 5.80. The first kappa shape index (κ1) is 13.0. The van der Waals surface area contributed by atoms with Gasteiger partial charge in [0.25, 0.3) is 0 Å². The van der Waals surface area contributed by atoms with Crippen LogP contribution in [-0.2, 0) is 16.0 Å². The van der Waals surface area contributed by atoms with Gasteiger partial charge in [0.05, 0.1) is 12.7 Å². The summed E-state index contributed by atoms with van der Waals surface area (Å²) in [6.45, 7) is 1.55. The van der Waals surface area contributed by atoms with Gasteiger partial charge in [0.1, 0.15) is 17.4 Å². The molecule has 0 unspecified atom stereocenters. The van der Waals surface area contributed by atoms with E-state index in [1.165, 1.54) is 19.2 Å². The van der Waals surface area contributed by atoms with Gasteiger partial charge in [0.2, 0.25) is 0 Å². The van der Waals surface area contributed by atoms with Crippen LogP contribution in [-0.4, -0.2) is 23.7 Å². The van der Waals surface area contributed by atoms with Crippen molar-refractivity contribution in [1.82, 2.24) is 0 Å². The molecule has 0 amide bonds. The fourth-order valence-electron chi connectivity index (χ4n) is 1.51. The van der Waals surface area contributed by atoms with Crippen LogP contribution in [0.4, 0.5) is 0 Å². The lowest BCUT2D eigenvalue weighted by Gasteiger charge is -2.21. The maximum absolute atomic E-state index is 11.4. The van der Waals surface area contributed by atoms with E-state index in [4.69, 9.17) is 11.0 Å². The van der Waals surface area contributed by atoms with Gasteiger partial charge in [-0.2, -0.15) is 5.26 Å². The summed E-state index contributed by atoms with van der Waals surface area (Å²) in [4.78, 5) is 11.4. The van der Waals surface area contributed by atoms with E-state index in [9.17, 15) is 9.90 Å². The number of aromatic hydroxyl groups is 1. The molecular formula is C12H14N2O3. The van der Waals surface area contributed by atoms with Crippen LogP contribution in [0.1, 0.15) is 18.1 Å². The number of benzene rings is 1. The molecular weight excluding hydrogens is 220 g/mol. The summed E-state index contributed by atoms with van der Waals surface area (Å²) < 4.78 is 4.59. The van der Waals surface area contributed by atoms with Gasteiger partial charge in [-0.05, 0) is 24.6 Å². The van der Waals surface area contributed by atoms with Crippen LogP contribution in [0, 0.1) is 11.3 Å². The lowest BCUT2D eigenvalue weighted by Crippen LogP contribution is -2.47. The molecule has 0 heterocycles. The molecule has 0 radical (unpaired) electrons. The average Bonchev–Trinajstić information content (AvgIpc) is 2.30. The smallest absolute Gasteiger partial charge is 0.325 e. The van der Waals surface area contributed by atoms with Gasteiger partial charge in [-0.15, -0.1) is 0 Å². The zero-order valence-electron chi connectivity index (χ0n) is 9.73. The van der Waals surface area contributed by atoms with Crippen LogP contribution in [0.2, 0.25) is 0 Å². The summed E-state index contributed by atoms with van der Waals surface area (Å²) in [5.41, 5.74) is 5.50. The number of hydrogen-bond acceptors (Lipinski definition) is 5. The van der Waals surface area contributed by atoms with E-state index in [0.717, 1.165) is 0 Å². The Hall–Kier alpha value is -2.06. The van der Waals surface area contributed by atoms with Gasteiger partial charge in [-0.1, -0.05) is 6.07 Å². The summed E-state index contributed by atoms with van der Waals surface area (Å²) in [6.07, 6.45) is 0.231. The minimum absolute atomic E-state index is 0.0898. The minimum atomic E-state index is -1.15. The zero-order chi connectivity index (χ0) is 13.1. The topological polar surface area (TPSA) is 96.3 Å². The summed E-state index contributed by atoms with van der Waals surface area (Å²) in [5.74, 6) is -0.614. The Morgan fingerprint density at radius 3 is 2.82 bits per heavy atom. The quantitative estimate of drug-likeness (QED) is 0.750. The first-order chi connectivity index (χ1) is 7.90. The van der Waals surface area contributed by atoms with Crippen LogP contribution >= 0.6 is 0 Å². The number of phenols is 1. The fraction of sp³-hybridized carbons (Fsp3) is 0.333. The summed E-state index contributed by atoms with van der Waals surface area (Å²) in [6, 6.07) is 6.38. The monoisotopic (exact) mass is 234 g/mol. The maximum Gasteiger partial charge on any atom is 0.325 e. The number of methoxy groups -OCH3 is 1. The number of nitrogens with zero attached hydrogens (tertiary/aromatic N) is 1. The molecule has 0 aliphatic carbocycles. The molecule has 90 valence electrons. The van der Waals surface area contributed by atoms with Crippen LogP contribution in [0.25, 0.3) is 0 Å². The van der Waals surface area contributed by atoms with Crippen molar-refractivity contribution >= 4 is 5.97 Å². The van der Waals surface area contributed by atoms with Crippen LogP contribution in [0.3, 0.4) is 0 Å². The number of nitrogens with two attached hydrogens (primary N) is 1. The van der Waals surface area contributed by atoms with Crippen LogP contribution < -0.4 is 5.73 Å². The normalized spacial score (nSPS) is 13.5. The first-order valence-electron chi connectivity index (χ1n) is 5.00. The summed E-state index contributed by atoms with van der Waals surface area (Å²) in [7, 11) is 1.27. The Morgan fingerprint density at radius 1 is 1.65 bits per heavy atom. The summed E-state index contributed by atoms with van der Waals surface area (Å²) >= 11 is 0. The molecule has 0 spiro atoms. The molecule has 0 saturated heterocycles. The van der Waals surface area contributed by atoms with E-state index in [-0.39, 0.29) is 17.7 Å². The average molecular weight is 234 g/mol. The first-order valence-corrected chi connectivity index (χ1v) is 5.00. The second kappa shape index (κ2) is 4.85. The highest BCUT2D eigenvalue weighted by atomic mass is 16.5. The SMILES string of the molecule is COC(=O)[C@](C)(N)Cc1ccc(O)c(C#N)c1. The number of rotatable bonds is 3. The highest BCUT2D eigenvalue weighted by Crippen LogP contribution is 2.20. The Morgan fingerprint density at radius 2 is 2.29 bits per heavy atom. The van der Waals surface area contributed by atoms with Crippen molar-refractivity contribution in [1.29, 1.82) is 5.26 Å². The molecule has 0 fully saturated rings. The number of phenolic OH excluding ortho intramolecular Hbond substituents is 1. The van der Waals surface area contributed by atoms with Gasteiger partial charge in [0, 0.05) is 6.42 Å². The molecule has 0 aliphatic heterocycles. The van der Waals surface area contributed by atoms with Crippen molar-refractivity contribution in [3.05, 3.63) is 29.3 Å². The van der Waals surface area contributed by atoms with Gasteiger partial charge in [-0.25, -0.2) is 0 Å². The van der Waals surface area contributed by atoms with E-state index in [2.05, 4.69) is 4.74 Å². The van der Waals surface area contributed by atoms with Crippen molar-refractivity contribution in [2.45, 2.75) is 18.9 Å². The van der Waals surface area contributed by atoms with E-state index < -0.39 is 11.5 Å². The number of carbonyl (C=O) groups excluding carboxylic acids is 1. The van der Waals surface area contributed by atoms with Crippen molar-refractivity contribution in [3.8, 4) is 11.8 Å². The molecule has 3 N–H and O–H groups in total. The molecule has 0 bridgehead atoms. The van der Waals surface area contributed by atoms with Gasteiger partial charge in [-0.3, -0.25) is 4.79 Å². The third-order valence-corrected chi connectivity index (χ3v) is 2.40. The van der Waals surface area contributed by atoms with E-state index in [1.807, 2.05) is 6.07 Å². The summed E-state index contributed by atoms with van der Waals surface area (Å²) in [5, 5.41) is 18.1. The van der Waals surface area contributed by atoms with Gasteiger partial charge >= 0.3 is 5.97 Å². The van der Waals surface area contributed by atoms with Crippen molar-refractivity contribution < 1.29 is 14.6 Å². The number of esters is 1. The van der Waals surface area contributed by atoms with E-state index in [1.54, 1.807) is 13.0 Å². The second-order valence-electron chi connectivity index (χ2n) is 4.05. The number of nitriles is 1. The molecule has 0 aromatic heterocycles. The van der Waals surface area contributed by atoms with Crippen molar-refractivity contribution in [3.63, 3.8) is 0 Å². The third kappa shape index (κ3) is 2.95. The second-order valence-corrected chi connectivity index (χ2v) is 4.05. The fourth-order valence-corrected chi connectivity index (χ4v) is 1.51. The third-order valence-electron chi connectivity index (χ3n) is 2.40. The number of carbonyl (C=O) groups is 1. The lowest BCUT2D eigenvalue weighted by atomic mass is 9.93. The molecule has 0 saturated carbocycles. The Kier molecular flexibility index (Phi) is 3.71. The molecule has 5 nitrogen and oxygen atoms in total. The largest absolute Gasteiger partial charge is 0.507 e. The van der Waals surface area contributed by atoms with Crippen molar-refractivity contribution in [2.75, 3.05) is 7.11 Å². The van der Waals surface area contributed by atoms with E-state index >= 15 is 0 Å². The minimum Gasteiger partial charge on any atom is -0.507 e. The lowest BCUT2D eigenvalue weighted by molar-refractivity contribution is -0.146. The van der Waals surface area contributed by atoms with Gasteiger partial charge in [0.15, 0.2) is 0 Å². The molecule has 5 heteroatoms. The van der Waals surface area contributed by atoms with E-state index in [0.29, 0.717) is 5.56 Å². The highest BCUT2D eigenvalue weighted by Gasteiger charge is 2.29. The molecule has 0 aliphatic rings. The van der Waals surface area contributed by atoms with Crippen molar-refractivity contribution in [2.24, 2.45) is 5.73 Å². The molecule has 1 rings (SSSR count). The van der Waals surface area contributed by atoms with Crippen LogP contribution in [0.15, 0.2) is 18.2 Å². The Balaban J connectivity index is 2.97. The maximum atomic E-state index is 11.4. The Labute approximate surface area is 99.4 Å². The standard InChI is InChI=1S/C12H14N2O3/c1-12(14,11(16)17-2)6-8-3-4-10(15)9(5-8)7-13/h3-5,15H,6,14H2,1-2H3/t12-/m1/s1. The zero-order valence-corrected chi connectivity index (χ0v) is 9.73. The molecule has 17 heavy (non-hydrogen) atoms. The number of hydrogen-bond donors (Lipinski definition) is 2. The predicted molar refractivity (Wildman–Crippen MR) is 61.1 cm³/mol. The molecule has 1 atom stereocenters. The predicted octanol–water partition coefficient (Wildman–Crippen LogP) is 0.697. The molecule has 1 aromatic rings.